The van der Waals surface area contributed by atoms with E-state index in [0.717, 1.165) is 5.56 Å². The molecule has 4 N–H and O–H groups in total. The van der Waals surface area contributed by atoms with Gasteiger partial charge in [-0.2, -0.15) is 0 Å². The SMILES string of the molecule is NC(c1ccccc1)C(N)C1CCCC1. The van der Waals surface area contributed by atoms with E-state index >= 15 is 0 Å². The maximum absolute atomic E-state index is 6.23. The van der Waals surface area contributed by atoms with E-state index in [1.54, 1.807) is 0 Å². The van der Waals surface area contributed by atoms with Crippen LogP contribution >= 0.6 is 0 Å². The molecule has 15 heavy (non-hydrogen) atoms. The minimum atomic E-state index is -0.00528. The topological polar surface area (TPSA) is 52.0 Å². The Hall–Kier alpha value is -0.860. The predicted molar refractivity (Wildman–Crippen MR) is 63.3 cm³/mol. The molecule has 2 unspecified atom stereocenters. The summed E-state index contributed by atoms with van der Waals surface area (Å²) in [5.41, 5.74) is 13.6. The van der Waals surface area contributed by atoms with Crippen molar-refractivity contribution >= 4 is 0 Å². The van der Waals surface area contributed by atoms with Crippen LogP contribution in [0.2, 0.25) is 0 Å². The third kappa shape index (κ3) is 2.39. The fourth-order valence-corrected chi connectivity index (χ4v) is 2.53. The van der Waals surface area contributed by atoms with E-state index in [0.29, 0.717) is 5.92 Å². The van der Waals surface area contributed by atoms with Crippen molar-refractivity contribution in [2.75, 3.05) is 0 Å². The van der Waals surface area contributed by atoms with Crippen molar-refractivity contribution in [1.82, 2.24) is 0 Å². The highest BCUT2D eigenvalue weighted by atomic mass is 14.8. The van der Waals surface area contributed by atoms with Crippen molar-refractivity contribution in [3.63, 3.8) is 0 Å². The Morgan fingerprint density at radius 2 is 1.60 bits per heavy atom. The van der Waals surface area contributed by atoms with Crippen molar-refractivity contribution in [3.8, 4) is 0 Å². The van der Waals surface area contributed by atoms with Crippen LogP contribution in [0, 0.1) is 5.92 Å². The van der Waals surface area contributed by atoms with E-state index in [1.807, 2.05) is 18.2 Å². The number of nitrogens with two attached hydrogens (primary N) is 2. The van der Waals surface area contributed by atoms with Crippen molar-refractivity contribution in [1.29, 1.82) is 0 Å². The standard InChI is InChI=1S/C13H20N2/c14-12(10-6-2-1-3-7-10)13(15)11-8-4-5-9-11/h1-3,6-7,11-13H,4-5,8-9,14-15H2. The lowest BCUT2D eigenvalue weighted by Gasteiger charge is -2.25. The number of benzene rings is 1. The Kier molecular flexibility index (Phi) is 3.39. The zero-order chi connectivity index (χ0) is 10.7. The summed E-state index contributed by atoms with van der Waals surface area (Å²) in [6.45, 7) is 0. The Morgan fingerprint density at radius 3 is 2.20 bits per heavy atom. The van der Waals surface area contributed by atoms with Gasteiger partial charge in [0.15, 0.2) is 0 Å². The van der Waals surface area contributed by atoms with E-state index < -0.39 is 0 Å². The van der Waals surface area contributed by atoms with Gasteiger partial charge in [-0.05, 0) is 24.3 Å². The van der Waals surface area contributed by atoms with Crippen LogP contribution in [-0.2, 0) is 0 Å². The van der Waals surface area contributed by atoms with Crippen LogP contribution in [-0.4, -0.2) is 6.04 Å². The van der Waals surface area contributed by atoms with Crippen LogP contribution in [0.1, 0.15) is 37.3 Å². The third-order valence-electron chi connectivity index (χ3n) is 3.54. The molecule has 0 heterocycles. The first-order valence-electron chi connectivity index (χ1n) is 5.85. The van der Waals surface area contributed by atoms with Gasteiger partial charge in [0.1, 0.15) is 0 Å². The molecule has 0 aliphatic heterocycles. The van der Waals surface area contributed by atoms with Gasteiger partial charge in [-0.1, -0.05) is 43.2 Å². The lowest BCUT2D eigenvalue weighted by atomic mass is 9.89. The van der Waals surface area contributed by atoms with Crippen LogP contribution in [0.3, 0.4) is 0 Å². The largest absolute Gasteiger partial charge is 0.326 e. The first-order valence-corrected chi connectivity index (χ1v) is 5.85. The normalized spacial score (nSPS) is 21.5. The molecule has 0 radical (unpaired) electrons. The molecule has 0 bridgehead atoms. The summed E-state index contributed by atoms with van der Waals surface area (Å²) in [6.07, 6.45) is 5.14. The van der Waals surface area contributed by atoms with Crippen LogP contribution in [0.5, 0.6) is 0 Å². The van der Waals surface area contributed by atoms with E-state index in [9.17, 15) is 0 Å². The predicted octanol–water partition coefficient (Wildman–Crippen LogP) is 2.20. The van der Waals surface area contributed by atoms with Gasteiger partial charge < -0.3 is 11.5 Å². The van der Waals surface area contributed by atoms with Crippen LogP contribution in [0.4, 0.5) is 0 Å². The summed E-state index contributed by atoms with van der Waals surface area (Å²) < 4.78 is 0. The molecule has 2 atom stereocenters. The molecule has 0 aromatic heterocycles. The monoisotopic (exact) mass is 204 g/mol. The van der Waals surface area contributed by atoms with Crippen LogP contribution in [0.25, 0.3) is 0 Å². The van der Waals surface area contributed by atoms with Crippen molar-refractivity contribution in [3.05, 3.63) is 35.9 Å². The smallest absolute Gasteiger partial charge is 0.0451 e. The molecule has 1 saturated carbocycles. The molecule has 2 rings (SSSR count). The second-order valence-corrected chi connectivity index (χ2v) is 4.56. The van der Waals surface area contributed by atoms with Gasteiger partial charge in [-0.25, -0.2) is 0 Å². The molecule has 1 aliphatic rings. The summed E-state index contributed by atoms with van der Waals surface area (Å²) in [7, 11) is 0. The third-order valence-corrected chi connectivity index (χ3v) is 3.54. The maximum Gasteiger partial charge on any atom is 0.0451 e. The molecule has 0 spiro atoms. The van der Waals surface area contributed by atoms with Crippen molar-refractivity contribution < 1.29 is 0 Å². The minimum Gasteiger partial charge on any atom is -0.326 e. The number of rotatable bonds is 3. The molecule has 1 aromatic carbocycles. The highest BCUT2D eigenvalue weighted by Gasteiger charge is 2.27. The zero-order valence-electron chi connectivity index (χ0n) is 9.10. The molecule has 1 fully saturated rings. The van der Waals surface area contributed by atoms with Gasteiger partial charge >= 0.3 is 0 Å². The number of hydrogen-bond acceptors (Lipinski definition) is 2. The fourth-order valence-electron chi connectivity index (χ4n) is 2.53. The lowest BCUT2D eigenvalue weighted by molar-refractivity contribution is 0.378. The molecule has 1 aromatic rings. The van der Waals surface area contributed by atoms with Gasteiger partial charge in [0, 0.05) is 12.1 Å². The highest BCUT2D eigenvalue weighted by Crippen LogP contribution is 2.31. The summed E-state index contributed by atoms with van der Waals surface area (Å²) in [5, 5.41) is 0. The Morgan fingerprint density at radius 1 is 1.00 bits per heavy atom. The second kappa shape index (κ2) is 4.77. The first kappa shape index (κ1) is 10.7. The van der Waals surface area contributed by atoms with Crippen molar-refractivity contribution in [2.45, 2.75) is 37.8 Å². The number of hydrogen-bond donors (Lipinski definition) is 2. The average molecular weight is 204 g/mol. The second-order valence-electron chi connectivity index (χ2n) is 4.56. The molecule has 1 aliphatic carbocycles. The van der Waals surface area contributed by atoms with Crippen LogP contribution in [0.15, 0.2) is 30.3 Å². The molecule has 0 saturated heterocycles. The summed E-state index contributed by atoms with van der Waals surface area (Å²) >= 11 is 0. The van der Waals surface area contributed by atoms with Gasteiger partial charge in [0.05, 0.1) is 0 Å². The Bertz CT molecular complexity index is 291. The van der Waals surface area contributed by atoms with Gasteiger partial charge in [-0.3, -0.25) is 0 Å². The summed E-state index contributed by atoms with van der Waals surface area (Å²) in [4.78, 5) is 0. The fraction of sp³-hybridized carbons (Fsp3) is 0.538. The minimum absolute atomic E-state index is 0.00528. The molecular weight excluding hydrogens is 184 g/mol. The van der Waals surface area contributed by atoms with Gasteiger partial charge in [0.25, 0.3) is 0 Å². The van der Waals surface area contributed by atoms with E-state index in [1.165, 1.54) is 25.7 Å². The molecular formula is C13H20N2. The van der Waals surface area contributed by atoms with Gasteiger partial charge in [0.2, 0.25) is 0 Å². The molecule has 82 valence electrons. The van der Waals surface area contributed by atoms with Crippen LogP contribution < -0.4 is 11.5 Å². The van der Waals surface area contributed by atoms with E-state index in [-0.39, 0.29) is 12.1 Å². The average Bonchev–Trinajstić information content (AvgIpc) is 2.82. The Balaban J connectivity index is 2.03. The molecule has 0 amide bonds. The lowest BCUT2D eigenvalue weighted by Crippen LogP contribution is -2.39. The first-order chi connectivity index (χ1) is 7.29. The van der Waals surface area contributed by atoms with Gasteiger partial charge in [-0.15, -0.1) is 0 Å². The van der Waals surface area contributed by atoms with Crippen molar-refractivity contribution in [2.24, 2.45) is 17.4 Å². The summed E-state index contributed by atoms with van der Waals surface area (Å²) in [6, 6.07) is 10.3. The maximum atomic E-state index is 6.23. The quantitative estimate of drug-likeness (QED) is 0.793. The zero-order valence-corrected chi connectivity index (χ0v) is 9.10. The van der Waals surface area contributed by atoms with E-state index in [2.05, 4.69) is 12.1 Å². The van der Waals surface area contributed by atoms with E-state index in [4.69, 9.17) is 11.5 Å². The molecule has 2 nitrogen and oxygen atoms in total. The highest BCUT2D eigenvalue weighted by molar-refractivity contribution is 5.20. The summed E-state index contributed by atoms with van der Waals surface area (Å²) in [5.74, 6) is 0.625. The molecule has 2 heteroatoms. The Labute approximate surface area is 91.7 Å².